The van der Waals surface area contributed by atoms with Gasteiger partial charge in [0, 0.05) is 24.7 Å². The number of nitrogens with zero attached hydrogens (tertiary/aromatic N) is 2. The predicted octanol–water partition coefficient (Wildman–Crippen LogP) is 3.59. The van der Waals surface area contributed by atoms with Gasteiger partial charge in [-0.3, -0.25) is 4.79 Å². The van der Waals surface area contributed by atoms with Gasteiger partial charge in [-0.25, -0.2) is 0 Å². The first kappa shape index (κ1) is 19.3. The lowest BCUT2D eigenvalue weighted by atomic mass is 9.76. The van der Waals surface area contributed by atoms with Crippen LogP contribution in [0.15, 0.2) is 39.3 Å². The van der Waals surface area contributed by atoms with Crippen molar-refractivity contribution in [2.75, 3.05) is 20.8 Å². The van der Waals surface area contributed by atoms with Crippen LogP contribution in [0.2, 0.25) is 0 Å². The molecule has 0 fully saturated rings. The van der Waals surface area contributed by atoms with Crippen molar-refractivity contribution in [1.82, 2.24) is 4.90 Å². The number of ketones is 1. The molecule has 142 valence electrons. The van der Waals surface area contributed by atoms with E-state index >= 15 is 0 Å². The summed E-state index contributed by atoms with van der Waals surface area (Å²) in [4.78, 5) is 14.6. The van der Waals surface area contributed by atoms with Crippen molar-refractivity contribution in [2.45, 2.75) is 32.1 Å². The second kappa shape index (κ2) is 7.65. The Labute approximate surface area is 167 Å². The largest absolute Gasteiger partial charge is 0.493 e. The molecule has 0 unspecified atom stereocenters. The molecule has 1 heterocycles. The van der Waals surface area contributed by atoms with Crippen LogP contribution in [0.3, 0.4) is 0 Å². The Hall–Kier alpha value is -2.46. The average molecular weight is 432 g/mol. The van der Waals surface area contributed by atoms with Crippen LogP contribution in [0.1, 0.15) is 37.7 Å². The Bertz CT molecular complexity index is 898. The third-order valence-electron chi connectivity index (χ3n) is 5.04. The number of halogens is 1. The standard InChI is InChI=1S/C20H22BrN3O3/c1-4-27-19-13(21)8-11(9-16(19)26-3)17-12(10-22)20(23)24(2)14-6-5-7-15(25)18(14)17/h8-9,17H,4-7,23H2,1-3H3/t17-/m0/s1. The van der Waals surface area contributed by atoms with Crippen LogP contribution in [0.25, 0.3) is 0 Å². The number of carbonyl (C=O) groups excluding carboxylic acids is 1. The van der Waals surface area contributed by atoms with Gasteiger partial charge < -0.3 is 20.1 Å². The van der Waals surface area contributed by atoms with E-state index in [9.17, 15) is 10.1 Å². The molecular weight excluding hydrogens is 410 g/mol. The van der Waals surface area contributed by atoms with Gasteiger partial charge in [0.25, 0.3) is 0 Å². The number of nitrogens with two attached hydrogens (primary N) is 1. The number of carbonyl (C=O) groups is 1. The van der Waals surface area contributed by atoms with Gasteiger partial charge in [0.1, 0.15) is 5.82 Å². The molecule has 1 aromatic carbocycles. The fraction of sp³-hybridized carbons (Fsp3) is 0.400. The smallest absolute Gasteiger partial charge is 0.175 e. The van der Waals surface area contributed by atoms with Crippen LogP contribution < -0.4 is 15.2 Å². The van der Waals surface area contributed by atoms with Gasteiger partial charge in [0.05, 0.1) is 35.7 Å². The molecule has 3 rings (SSSR count). The number of hydrogen-bond acceptors (Lipinski definition) is 6. The van der Waals surface area contributed by atoms with Crippen LogP contribution >= 0.6 is 15.9 Å². The summed E-state index contributed by atoms with van der Waals surface area (Å²) < 4.78 is 11.9. The molecule has 1 aliphatic heterocycles. The molecular formula is C20H22BrN3O3. The molecule has 27 heavy (non-hydrogen) atoms. The predicted molar refractivity (Wildman–Crippen MR) is 105 cm³/mol. The average Bonchev–Trinajstić information content (AvgIpc) is 2.66. The van der Waals surface area contributed by atoms with Crippen LogP contribution in [-0.2, 0) is 4.79 Å². The summed E-state index contributed by atoms with van der Waals surface area (Å²) >= 11 is 3.53. The fourth-order valence-electron chi connectivity index (χ4n) is 3.79. The molecule has 2 N–H and O–H groups in total. The van der Waals surface area contributed by atoms with Gasteiger partial charge in [-0.2, -0.15) is 5.26 Å². The van der Waals surface area contributed by atoms with E-state index in [4.69, 9.17) is 15.2 Å². The van der Waals surface area contributed by atoms with Crippen LogP contribution in [-0.4, -0.2) is 31.4 Å². The van der Waals surface area contributed by atoms with Crippen molar-refractivity contribution < 1.29 is 14.3 Å². The molecule has 0 radical (unpaired) electrons. The number of Topliss-reactive ketones (excluding diaryl/α,β-unsaturated/α-hetero) is 1. The molecule has 6 nitrogen and oxygen atoms in total. The minimum atomic E-state index is -0.505. The topological polar surface area (TPSA) is 88.6 Å². The number of nitriles is 1. The van der Waals surface area contributed by atoms with Crippen molar-refractivity contribution in [2.24, 2.45) is 5.73 Å². The molecule has 0 saturated carbocycles. The monoisotopic (exact) mass is 431 g/mol. The maximum atomic E-state index is 12.8. The summed E-state index contributed by atoms with van der Waals surface area (Å²) in [5.74, 6) is 1.09. The van der Waals surface area contributed by atoms with E-state index in [1.807, 2.05) is 26.1 Å². The molecule has 1 aliphatic carbocycles. The van der Waals surface area contributed by atoms with E-state index in [1.165, 1.54) is 0 Å². The van der Waals surface area contributed by atoms with Gasteiger partial charge >= 0.3 is 0 Å². The van der Waals surface area contributed by atoms with Gasteiger partial charge in [-0.1, -0.05) is 0 Å². The summed E-state index contributed by atoms with van der Waals surface area (Å²) in [6.45, 7) is 2.39. The van der Waals surface area contributed by atoms with Gasteiger partial charge in [-0.15, -0.1) is 0 Å². The van der Waals surface area contributed by atoms with E-state index in [0.717, 1.165) is 24.1 Å². The number of benzene rings is 1. The van der Waals surface area contributed by atoms with E-state index in [-0.39, 0.29) is 5.78 Å². The third kappa shape index (κ3) is 3.19. The lowest BCUT2D eigenvalue weighted by molar-refractivity contribution is -0.116. The second-order valence-corrected chi connectivity index (χ2v) is 7.36. The first-order valence-electron chi connectivity index (χ1n) is 8.84. The maximum Gasteiger partial charge on any atom is 0.175 e. The molecule has 1 atom stereocenters. The lowest BCUT2D eigenvalue weighted by Crippen LogP contribution is -2.36. The Kier molecular flexibility index (Phi) is 5.47. The zero-order valence-electron chi connectivity index (χ0n) is 15.6. The van der Waals surface area contributed by atoms with E-state index < -0.39 is 5.92 Å². The van der Waals surface area contributed by atoms with E-state index in [1.54, 1.807) is 12.0 Å². The van der Waals surface area contributed by atoms with E-state index in [2.05, 4.69) is 22.0 Å². The summed E-state index contributed by atoms with van der Waals surface area (Å²) in [6, 6.07) is 5.92. The molecule has 0 saturated heterocycles. The van der Waals surface area contributed by atoms with Crippen molar-refractivity contribution in [3.05, 3.63) is 44.8 Å². The van der Waals surface area contributed by atoms with Crippen LogP contribution in [0, 0.1) is 11.3 Å². The van der Waals surface area contributed by atoms with Gasteiger partial charge in [-0.05, 0) is 53.4 Å². The summed E-state index contributed by atoms with van der Waals surface area (Å²) in [5.41, 5.74) is 8.98. The Morgan fingerprint density at radius 1 is 1.41 bits per heavy atom. The van der Waals surface area contributed by atoms with E-state index in [0.29, 0.717) is 46.0 Å². The zero-order chi connectivity index (χ0) is 19.7. The molecule has 0 bridgehead atoms. The number of allylic oxidation sites excluding steroid dienone is 3. The van der Waals surface area contributed by atoms with Crippen molar-refractivity contribution >= 4 is 21.7 Å². The highest BCUT2D eigenvalue weighted by atomic mass is 79.9. The van der Waals surface area contributed by atoms with Gasteiger partial charge in [0.15, 0.2) is 17.3 Å². The Morgan fingerprint density at radius 3 is 2.78 bits per heavy atom. The minimum absolute atomic E-state index is 0.0670. The number of rotatable bonds is 4. The van der Waals surface area contributed by atoms with Crippen LogP contribution in [0.5, 0.6) is 11.5 Å². The number of methoxy groups -OCH3 is 1. The van der Waals surface area contributed by atoms with Crippen molar-refractivity contribution in [1.29, 1.82) is 5.26 Å². The molecule has 2 aliphatic rings. The molecule has 0 spiro atoms. The Morgan fingerprint density at radius 2 is 2.15 bits per heavy atom. The highest BCUT2D eigenvalue weighted by Gasteiger charge is 2.39. The lowest BCUT2D eigenvalue weighted by Gasteiger charge is -2.37. The highest BCUT2D eigenvalue weighted by Crippen LogP contribution is 2.47. The highest BCUT2D eigenvalue weighted by molar-refractivity contribution is 9.10. The first-order chi connectivity index (χ1) is 12.9. The molecule has 7 heteroatoms. The minimum Gasteiger partial charge on any atom is -0.493 e. The summed E-state index contributed by atoms with van der Waals surface area (Å²) in [5, 5.41) is 9.81. The summed E-state index contributed by atoms with van der Waals surface area (Å²) in [6.07, 6.45) is 2.04. The SMILES string of the molecule is CCOc1c(Br)cc([C@H]2C(C#N)=C(N)N(C)C3=C2C(=O)CCC3)cc1OC. The van der Waals surface area contributed by atoms with Gasteiger partial charge in [0.2, 0.25) is 0 Å². The summed E-state index contributed by atoms with van der Waals surface area (Å²) in [7, 11) is 3.38. The van der Waals surface area contributed by atoms with Crippen LogP contribution in [0.4, 0.5) is 0 Å². The zero-order valence-corrected chi connectivity index (χ0v) is 17.2. The van der Waals surface area contributed by atoms with Crippen molar-refractivity contribution in [3.63, 3.8) is 0 Å². The maximum absolute atomic E-state index is 12.8. The molecule has 0 amide bonds. The first-order valence-corrected chi connectivity index (χ1v) is 9.63. The normalized spacial score (nSPS) is 19.7. The molecule has 1 aromatic rings. The third-order valence-corrected chi connectivity index (χ3v) is 5.63. The Balaban J connectivity index is 2.24. The van der Waals surface area contributed by atoms with Crippen molar-refractivity contribution in [3.8, 4) is 17.6 Å². The quantitative estimate of drug-likeness (QED) is 0.783. The number of hydrogen-bond donors (Lipinski definition) is 1. The second-order valence-electron chi connectivity index (χ2n) is 6.51. The molecule has 0 aromatic heterocycles. The fourth-order valence-corrected chi connectivity index (χ4v) is 4.36. The number of ether oxygens (including phenoxy) is 2.